The Morgan fingerprint density at radius 2 is 1.50 bits per heavy atom. The molecule has 104 valence electrons. The lowest BCUT2D eigenvalue weighted by molar-refractivity contribution is -0.181. The van der Waals surface area contributed by atoms with E-state index in [0.717, 1.165) is 0 Å². The maximum atomic E-state index is 12.8. The minimum absolute atomic E-state index is 0.201. The second-order valence-corrected chi connectivity index (χ2v) is 4.22. The Morgan fingerprint density at radius 3 is 2.00 bits per heavy atom. The highest BCUT2D eigenvalue weighted by Crippen LogP contribution is 2.23. The lowest BCUT2D eigenvalue weighted by atomic mass is 10.3. The van der Waals surface area contributed by atoms with Crippen LogP contribution < -0.4 is 9.47 Å². The minimum Gasteiger partial charge on any atom is -0.475 e. The van der Waals surface area contributed by atoms with Crippen molar-refractivity contribution in [2.75, 3.05) is 0 Å². The number of ether oxygens (including phenoxy) is 2. The molecule has 2 aromatic rings. The predicted molar refractivity (Wildman–Crippen MR) is 70.1 cm³/mol. The average molecular weight is 276 g/mol. The van der Waals surface area contributed by atoms with Crippen LogP contribution in [0.2, 0.25) is 0 Å². The maximum absolute atomic E-state index is 12.8. The predicted octanol–water partition coefficient (Wildman–Crippen LogP) is 3.08. The lowest BCUT2D eigenvalue weighted by Gasteiger charge is -2.27. The molecule has 0 radical (unpaired) electrons. The molecule has 2 aromatic carbocycles. The number of hydrogen-bond donors (Lipinski definition) is 1. The molecule has 20 heavy (non-hydrogen) atoms. The molecular weight excluding hydrogens is 263 g/mol. The van der Waals surface area contributed by atoms with Crippen molar-refractivity contribution < 1.29 is 23.8 Å². The number of rotatable bonds is 5. The van der Waals surface area contributed by atoms with Crippen molar-refractivity contribution in [2.45, 2.75) is 12.7 Å². The van der Waals surface area contributed by atoms with Crippen molar-refractivity contribution in [1.82, 2.24) is 0 Å². The molecular formula is C15H13FO4. The summed E-state index contributed by atoms with van der Waals surface area (Å²) in [4.78, 5) is 11.4. The van der Waals surface area contributed by atoms with E-state index in [1.54, 1.807) is 30.3 Å². The van der Waals surface area contributed by atoms with Crippen LogP contribution in [0.4, 0.5) is 4.39 Å². The summed E-state index contributed by atoms with van der Waals surface area (Å²) in [5.41, 5.74) is 0. The zero-order chi connectivity index (χ0) is 14.6. The van der Waals surface area contributed by atoms with E-state index in [9.17, 15) is 14.3 Å². The number of aliphatic carboxylic acids is 1. The number of carboxylic acids is 1. The Morgan fingerprint density at radius 1 is 1.00 bits per heavy atom. The third kappa shape index (κ3) is 3.26. The van der Waals surface area contributed by atoms with Gasteiger partial charge in [-0.2, -0.15) is 0 Å². The molecule has 0 heterocycles. The standard InChI is InChI=1S/C15H13FO4/c1-15(14(17)18,19-12-5-3-2-4-6-12)20-13-9-7-11(16)8-10-13/h2-10H,1H3,(H,17,18). The van der Waals surface area contributed by atoms with Crippen LogP contribution in [0.1, 0.15) is 6.92 Å². The van der Waals surface area contributed by atoms with Gasteiger partial charge in [-0.1, -0.05) is 18.2 Å². The van der Waals surface area contributed by atoms with Crippen molar-refractivity contribution in [2.24, 2.45) is 0 Å². The van der Waals surface area contributed by atoms with Crippen molar-refractivity contribution in [3.8, 4) is 11.5 Å². The Balaban J connectivity index is 2.21. The van der Waals surface area contributed by atoms with Gasteiger partial charge in [-0.25, -0.2) is 9.18 Å². The van der Waals surface area contributed by atoms with E-state index in [4.69, 9.17) is 9.47 Å². The van der Waals surface area contributed by atoms with E-state index in [-0.39, 0.29) is 5.75 Å². The number of hydrogen-bond acceptors (Lipinski definition) is 3. The quantitative estimate of drug-likeness (QED) is 0.853. The number of benzene rings is 2. The van der Waals surface area contributed by atoms with Crippen LogP contribution in [0.15, 0.2) is 54.6 Å². The molecule has 0 fully saturated rings. The zero-order valence-electron chi connectivity index (χ0n) is 10.7. The number of carboxylic acid groups (broad SMARTS) is 1. The highest BCUT2D eigenvalue weighted by atomic mass is 19.1. The van der Waals surface area contributed by atoms with Gasteiger partial charge in [0.1, 0.15) is 17.3 Å². The van der Waals surface area contributed by atoms with Gasteiger partial charge in [0.2, 0.25) is 0 Å². The second kappa shape index (κ2) is 5.61. The summed E-state index contributed by atoms with van der Waals surface area (Å²) in [6, 6.07) is 13.5. The third-order valence-electron chi connectivity index (χ3n) is 2.57. The van der Waals surface area contributed by atoms with Crippen LogP contribution in [0, 0.1) is 5.82 Å². The van der Waals surface area contributed by atoms with Gasteiger partial charge in [0.05, 0.1) is 0 Å². The Kier molecular flexibility index (Phi) is 3.89. The molecule has 1 N–H and O–H groups in total. The van der Waals surface area contributed by atoms with Crippen molar-refractivity contribution >= 4 is 5.97 Å². The van der Waals surface area contributed by atoms with Gasteiger partial charge in [0.15, 0.2) is 0 Å². The molecule has 0 aliphatic heterocycles. The third-order valence-corrected chi connectivity index (χ3v) is 2.57. The second-order valence-electron chi connectivity index (χ2n) is 4.22. The first-order chi connectivity index (χ1) is 9.49. The first-order valence-electron chi connectivity index (χ1n) is 5.92. The molecule has 4 nitrogen and oxygen atoms in total. The number of para-hydroxylation sites is 1. The molecule has 1 unspecified atom stereocenters. The summed E-state index contributed by atoms with van der Waals surface area (Å²) >= 11 is 0. The molecule has 0 saturated heterocycles. The summed E-state index contributed by atoms with van der Waals surface area (Å²) in [5, 5.41) is 9.29. The van der Waals surface area contributed by atoms with Gasteiger partial charge >= 0.3 is 11.8 Å². The fourth-order valence-corrected chi connectivity index (χ4v) is 1.55. The average Bonchev–Trinajstić information content (AvgIpc) is 2.42. The summed E-state index contributed by atoms with van der Waals surface area (Å²) in [6.45, 7) is 1.28. The minimum atomic E-state index is -1.90. The summed E-state index contributed by atoms with van der Waals surface area (Å²) in [7, 11) is 0. The van der Waals surface area contributed by atoms with Gasteiger partial charge in [-0.3, -0.25) is 0 Å². The van der Waals surface area contributed by atoms with Gasteiger partial charge < -0.3 is 14.6 Å². The molecule has 5 heteroatoms. The van der Waals surface area contributed by atoms with E-state index in [1.165, 1.54) is 31.2 Å². The van der Waals surface area contributed by atoms with Gasteiger partial charge in [-0.15, -0.1) is 0 Å². The lowest BCUT2D eigenvalue weighted by Crippen LogP contribution is -2.47. The fourth-order valence-electron chi connectivity index (χ4n) is 1.55. The van der Waals surface area contributed by atoms with Crippen molar-refractivity contribution in [3.63, 3.8) is 0 Å². The highest BCUT2D eigenvalue weighted by Gasteiger charge is 2.38. The number of carbonyl (C=O) groups is 1. The van der Waals surface area contributed by atoms with Crippen LogP contribution in [0.5, 0.6) is 11.5 Å². The molecule has 0 amide bonds. The Hall–Kier alpha value is -2.56. The summed E-state index contributed by atoms with van der Waals surface area (Å²) in [6.07, 6.45) is 0. The molecule has 0 aliphatic rings. The van der Waals surface area contributed by atoms with Crippen molar-refractivity contribution in [3.05, 3.63) is 60.4 Å². The fraction of sp³-hybridized carbons (Fsp3) is 0.133. The van der Waals surface area contributed by atoms with E-state index in [2.05, 4.69) is 0 Å². The Bertz CT molecular complexity index is 583. The van der Waals surface area contributed by atoms with Crippen LogP contribution in [0.25, 0.3) is 0 Å². The highest BCUT2D eigenvalue weighted by molar-refractivity contribution is 5.76. The molecule has 0 aliphatic carbocycles. The summed E-state index contributed by atoms with van der Waals surface area (Å²) in [5.74, 6) is -3.06. The first-order valence-corrected chi connectivity index (χ1v) is 5.92. The van der Waals surface area contributed by atoms with Gasteiger partial charge in [0, 0.05) is 6.92 Å². The Labute approximate surface area is 115 Å². The molecule has 1 atom stereocenters. The van der Waals surface area contributed by atoms with Crippen LogP contribution in [-0.2, 0) is 4.79 Å². The molecule has 0 spiro atoms. The normalized spacial score (nSPS) is 13.3. The summed E-state index contributed by atoms with van der Waals surface area (Å²) < 4.78 is 23.5. The first kappa shape index (κ1) is 13.9. The van der Waals surface area contributed by atoms with E-state index in [0.29, 0.717) is 5.75 Å². The SMILES string of the molecule is CC(Oc1ccccc1)(Oc1ccc(F)cc1)C(=O)O. The molecule has 0 bridgehead atoms. The zero-order valence-corrected chi connectivity index (χ0v) is 10.7. The van der Waals surface area contributed by atoms with E-state index >= 15 is 0 Å². The van der Waals surface area contributed by atoms with Crippen LogP contribution in [0.3, 0.4) is 0 Å². The molecule has 0 saturated carbocycles. The van der Waals surface area contributed by atoms with Crippen LogP contribution >= 0.6 is 0 Å². The largest absolute Gasteiger partial charge is 0.475 e. The van der Waals surface area contributed by atoms with Gasteiger partial charge in [-0.05, 0) is 36.4 Å². The van der Waals surface area contributed by atoms with Crippen molar-refractivity contribution in [1.29, 1.82) is 0 Å². The van der Waals surface area contributed by atoms with Gasteiger partial charge in [0.25, 0.3) is 0 Å². The van der Waals surface area contributed by atoms with E-state index in [1.807, 2.05) is 0 Å². The molecule has 2 rings (SSSR count). The maximum Gasteiger partial charge on any atom is 0.390 e. The topological polar surface area (TPSA) is 55.8 Å². The number of halogens is 1. The smallest absolute Gasteiger partial charge is 0.390 e. The van der Waals surface area contributed by atoms with E-state index < -0.39 is 17.6 Å². The molecule has 0 aromatic heterocycles. The monoisotopic (exact) mass is 276 g/mol. The van der Waals surface area contributed by atoms with Crippen LogP contribution in [-0.4, -0.2) is 16.9 Å².